The fraction of sp³-hybridized carbons (Fsp3) is 0.385. The van der Waals surface area contributed by atoms with Crippen molar-refractivity contribution in [3.63, 3.8) is 0 Å². The number of amides is 1. The predicted octanol–water partition coefficient (Wildman–Crippen LogP) is 0.724. The molecule has 3 rings (SSSR count). The Morgan fingerprint density at radius 1 is 1.35 bits per heavy atom. The maximum atomic E-state index is 11.8. The van der Waals surface area contributed by atoms with E-state index in [9.17, 15) is 9.59 Å². The molecule has 1 amide bonds. The fourth-order valence-corrected chi connectivity index (χ4v) is 2.68. The van der Waals surface area contributed by atoms with Crippen molar-refractivity contribution in [3.8, 4) is 0 Å². The Balaban J connectivity index is 2.06. The molecule has 0 saturated heterocycles. The molecule has 3 heterocycles. The molecule has 0 fully saturated rings. The van der Waals surface area contributed by atoms with Gasteiger partial charge in [-0.15, -0.1) is 0 Å². The van der Waals surface area contributed by atoms with Gasteiger partial charge >= 0.3 is 0 Å². The van der Waals surface area contributed by atoms with Crippen LogP contribution in [0.15, 0.2) is 29.1 Å². The van der Waals surface area contributed by atoms with Crippen LogP contribution in [0.4, 0.5) is 0 Å². The fourth-order valence-electron chi connectivity index (χ4n) is 2.68. The topological polar surface area (TPSA) is 42.3 Å². The van der Waals surface area contributed by atoms with Crippen LogP contribution in [0.25, 0.3) is 5.57 Å². The minimum atomic E-state index is 0.0503. The van der Waals surface area contributed by atoms with E-state index in [0.717, 1.165) is 17.8 Å². The first kappa shape index (κ1) is 10.3. The molecule has 0 aromatic carbocycles. The standard InChI is InChI=1S/C13H14N2O2/c1-9(16)14-6-10-5-11(8-14)12-3-2-4-13(17)15(12)7-10/h2-5,10H,6-8H2,1H3. The average Bonchev–Trinajstić information content (AvgIpc) is 2.30. The minimum absolute atomic E-state index is 0.0503. The van der Waals surface area contributed by atoms with E-state index in [-0.39, 0.29) is 17.4 Å². The van der Waals surface area contributed by atoms with Crippen molar-refractivity contribution in [2.45, 2.75) is 13.5 Å². The molecule has 1 unspecified atom stereocenters. The van der Waals surface area contributed by atoms with Crippen LogP contribution in [0, 0.1) is 5.92 Å². The molecule has 0 spiro atoms. The molecule has 2 bridgehead atoms. The van der Waals surface area contributed by atoms with Gasteiger partial charge in [-0.25, -0.2) is 0 Å². The van der Waals surface area contributed by atoms with E-state index in [4.69, 9.17) is 0 Å². The summed E-state index contributed by atoms with van der Waals surface area (Å²) in [6.07, 6.45) is 2.20. The van der Waals surface area contributed by atoms with Gasteiger partial charge in [-0.3, -0.25) is 9.59 Å². The van der Waals surface area contributed by atoms with E-state index in [0.29, 0.717) is 13.1 Å². The number of carbonyl (C=O) groups excluding carboxylic acids is 1. The zero-order valence-corrected chi connectivity index (χ0v) is 9.72. The number of hydrogen-bond donors (Lipinski definition) is 0. The first-order valence-corrected chi connectivity index (χ1v) is 5.81. The van der Waals surface area contributed by atoms with Crippen molar-refractivity contribution in [3.05, 3.63) is 40.3 Å². The van der Waals surface area contributed by atoms with Crippen molar-refractivity contribution in [2.24, 2.45) is 5.92 Å². The number of fused-ring (bicyclic) bond motifs is 3. The number of carbonyl (C=O) groups is 1. The molecule has 4 heteroatoms. The van der Waals surface area contributed by atoms with Gasteiger partial charge in [0.2, 0.25) is 5.91 Å². The highest BCUT2D eigenvalue weighted by Gasteiger charge is 2.28. The molecule has 1 aromatic heterocycles. The normalized spacial score (nSPS) is 21.8. The second-order valence-electron chi connectivity index (χ2n) is 4.71. The minimum Gasteiger partial charge on any atom is -0.338 e. The van der Waals surface area contributed by atoms with Gasteiger partial charge in [0.25, 0.3) is 5.56 Å². The third-order valence-electron chi connectivity index (χ3n) is 3.49. The highest BCUT2D eigenvalue weighted by atomic mass is 16.2. The zero-order valence-electron chi connectivity index (χ0n) is 9.72. The molecular weight excluding hydrogens is 216 g/mol. The highest BCUT2D eigenvalue weighted by molar-refractivity contribution is 5.78. The molecule has 0 N–H and O–H groups in total. The SMILES string of the molecule is CC(=O)N1CC2=CC(C1)Cn1c2cccc1=O. The lowest BCUT2D eigenvalue weighted by atomic mass is 9.93. The second kappa shape index (κ2) is 3.58. The van der Waals surface area contributed by atoms with Crippen molar-refractivity contribution < 1.29 is 4.79 Å². The van der Waals surface area contributed by atoms with Gasteiger partial charge in [-0.2, -0.15) is 0 Å². The van der Waals surface area contributed by atoms with E-state index in [1.165, 1.54) is 0 Å². The van der Waals surface area contributed by atoms with Gasteiger partial charge < -0.3 is 9.47 Å². The van der Waals surface area contributed by atoms with Gasteiger partial charge in [0.1, 0.15) is 0 Å². The lowest BCUT2D eigenvalue weighted by Crippen LogP contribution is -2.43. The van der Waals surface area contributed by atoms with E-state index in [2.05, 4.69) is 6.08 Å². The summed E-state index contributed by atoms with van der Waals surface area (Å²) >= 11 is 0. The third-order valence-corrected chi connectivity index (χ3v) is 3.49. The first-order chi connectivity index (χ1) is 8.15. The lowest BCUT2D eigenvalue weighted by molar-refractivity contribution is -0.128. The lowest BCUT2D eigenvalue weighted by Gasteiger charge is -2.36. The Morgan fingerprint density at radius 2 is 2.18 bits per heavy atom. The Labute approximate surface area is 99.2 Å². The van der Waals surface area contributed by atoms with Crippen molar-refractivity contribution in [1.29, 1.82) is 0 Å². The van der Waals surface area contributed by atoms with E-state index >= 15 is 0 Å². The number of pyridine rings is 1. The van der Waals surface area contributed by atoms with Crippen LogP contribution in [0.3, 0.4) is 0 Å². The van der Waals surface area contributed by atoms with E-state index in [1.807, 2.05) is 15.5 Å². The molecule has 0 radical (unpaired) electrons. The third kappa shape index (κ3) is 1.60. The first-order valence-electron chi connectivity index (χ1n) is 5.81. The summed E-state index contributed by atoms with van der Waals surface area (Å²) in [7, 11) is 0. The summed E-state index contributed by atoms with van der Waals surface area (Å²) in [5.41, 5.74) is 2.11. The summed E-state index contributed by atoms with van der Waals surface area (Å²) in [5, 5.41) is 0. The largest absolute Gasteiger partial charge is 0.338 e. The molecule has 0 aliphatic carbocycles. The Morgan fingerprint density at radius 3 is 2.94 bits per heavy atom. The van der Waals surface area contributed by atoms with Crippen LogP contribution in [-0.4, -0.2) is 28.5 Å². The average molecular weight is 230 g/mol. The summed E-state index contributed by atoms with van der Waals surface area (Å²) in [5.74, 6) is 0.377. The van der Waals surface area contributed by atoms with Gasteiger partial charge in [0.15, 0.2) is 0 Å². The number of nitrogens with zero attached hydrogens (tertiary/aromatic N) is 2. The maximum absolute atomic E-state index is 11.8. The smallest absolute Gasteiger partial charge is 0.250 e. The Hall–Kier alpha value is -1.84. The monoisotopic (exact) mass is 230 g/mol. The molecule has 1 aromatic rings. The van der Waals surface area contributed by atoms with Crippen LogP contribution in [0.2, 0.25) is 0 Å². The molecule has 17 heavy (non-hydrogen) atoms. The highest BCUT2D eigenvalue weighted by Crippen LogP contribution is 2.28. The molecule has 2 aliphatic rings. The molecule has 4 nitrogen and oxygen atoms in total. The predicted molar refractivity (Wildman–Crippen MR) is 64.4 cm³/mol. The van der Waals surface area contributed by atoms with Crippen molar-refractivity contribution in [2.75, 3.05) is 13.1 Å². The number of aromatic nitrogens is 1. The van der Waals surface area contributed by atoms with Crippen LogP contribution in [-0.2, 0) is 11.3 Å². The molecule has 2 aliphatic heterocycles. The van der Waals surface area contributed by atoms with Gasteiger partial charge in [-0.05, 0) is 11.6 Å². The summed E-state index contributed by atoms with van der Waals surface area (Å²) in [6.45, 7) is 3.62. The summed E-state index contributed by atoms with van der Waals surface area (Å²) < 4.78 is 1.82. The molecule has 88 valence electrons. The van der Waals surface area contributed by atoms with Gasteiger partial charge in [0, 0.05) is 44.2 Å². The van der Waals surface area contributed by atoms with Crippen LogP contribution in [0.5, 0.6) is 0 Å². The van der Waals surface area contributed by atoms with Gasteiger partial charge in [0.05, 0.1) is 0 Å². The Kier molecular flexibility index (Phi) is 2.18. The van der Waals surface area contributed by atoms with E-state index in [1.54, 1.807) is 19.1 Å². The number of hydrogen-bond acceptors (Lipinski definition) is 2. The molecule has 0 saturated carbocycles. The Bertz CT molecular complexity index is 571. The molecular formula is C13H14N2O2. The van der Waals surface area contributed by atoms with Crippen LogP contribution in [0.1, 0.15) is 12.6 Å². The second-order valence-corrected chi connectivity index (χ2v) is 4.71. The summed E-state index contributed by atoms with van der Waals surface area (Å²) in [4.78, 5) is 25.1. The van der Waals surface area contributed by atoms with Gasteiger partial charge in [-0.1, -0.05) is 12.1 Å². The quantitative estimate of drug-likeness (QED) is 0.659. The van der Waals surface area contributed by atoms with Crippen molar-refractivity contribution >= 4 is 11.5 Å². The van der Waals surface area contributed by atoms with Crippen molar-refractivity contribution in [1.82, 2.24) is 9.47 Å². The zero-order chi connectivity index (χ0) is 12.0. The van der Waals surface area contributed by atoms with Crippen LogP contribution < -0.4 is 5.56 Å². The molecule has 1 atom stereocenters. The number of rotatable bonds is 0. The van der Waals surface area contributed by atoms with Crippen LogP contribution >= 0.6 is 0 Å². The summed E-state index contributed by atoms with van der Waals surface area (Å²) in [6, 6.07) is 5.32. The van der Waals surface area contributed by atoms with E-state index < -0.39 is 0 Å². The maximum Gasteiger partial charge on any atom is 0.250 e.